The summed E-state index contributed by atoms with van der Waals surface area (Å²) < 4.78 is 3.26. The van der Waals surface area contributed by atoms with E-state index in [0.29, 0.717) is 0 Å². The molecule has 0 spiro atoms. The first kappa shape index (κ1) is 17.9. The number of benzene rings is 1. The third-order valence-electron chi connectivity index (χ3n) is 5.11. The molecule has 1 unspecified atom stereocenters. The van der Waals surface area contributed by atoms with E-state index in [4.69, 9.17) is 0 Å². The van der Waals surface area contributed by atoms with Crippen molar-refractivity contribution in [2.45, 2.75) is 39.5 Å². The van der Waals surface area contributed by atoms with Gasteiger partial charge in [-0.05, 0) is 0 Å². The van der Waals surface area contributed by atoms with E-state index < -0.39 is 0 Å². The number of H-pyrrole nitrogens is 1. The van der Waals surface area contributed by atoms with Gasteiger partial charge in [0.25, 0.3) is 0 Å². The number of nitrogens with one attached hydrogen (secondary N) is 1. The Balaban J connectivity index is 0.000000882. The molecule has 1 aromatic carbocycles. The molecule has 0 aliphatic heterocycles. The molecule has 2 aliphatic rings. The van der Waals surface area contributed by atoms with Crippen molar-refractivity contribution in [1.29, 1.82) is 0 Å². The second kappa shape index (κ2) is 6.57. The third-order valence-corrected chi connectivity index (χ3v) is 7.60. The smallest absolute Gasteiger partial charge is 1.00 e. The number of halogens is 2. The van der Waals surface area contributed by atoms with Crippen LogP contribution in [0, 0.1) is 20.8 Å². The van der Waals surface area contributed by atoms with Crippen LogP contribution < -0.4 is 28.8 Å². The van der Waals surface area contributed by atoms with Gasteiger partial charge in [-0.3, -0.25) is 0 Å². The van der Waals surface area contributed by atoms with Gasteiger partial charge in [-0.25, -0.2) is 0 Å². The van der Waals surface area contributed by atoms with E-state index in [0.717, 1.165) is 5.92 Å². The Labute approximate surface area is 153 Å². The average molecular weight is 368 g/mol. The van der Waals surface area contributed by atoms with Crippen molar-refractivity contribution in [2.24, 2.45) is 0 Å². The van der Waals surface area contributed by atoms with Crippen LogP contribution in [-0.4, -0.2) is 4.98 Å². The zero-order valence-electron chi connectivity index (χ0n) is 13.1. The number of allylic oxidation sites excluding steroid dienone is 1. The molecule has 1 N–H and O–H groups in total. The van der Waals surface area contributed by atoms with Crippen LogP contribution in [0.4, 0.5) is 0 Å². The number of aryl methyl sites for hydroxylation is 1. The van der Waals surface area contributed by atoms with E-state index >= 15 is 0 Å². The molecule has 0 bridgehead atoms. The van der Waals surface area contributed by atoms with E-state index in [9.17, 15) is 0 Å². The van der Waals surface area contributed by atoms with Gasteiger partial charge in [-0.15, -0.1) is 0 Å². The molecule has 22 heavy (non-hydrogen) atoms. The van der Waals surface area contributed by atoms with Crippen LogP contribution in [0.25, 0.3) is 3.88 Å². The van der Waals surface area contributed by atoms with Crippen molar-refractivity contribution in [1.82, 2.24) is 4.98 Å². The van der Waals surface area contributed by atoms with Crippen LogP contribution >= 0.6 is 0 Å². The molecule has 1 nitrogen and oxygen atoms in total. The molecule has 4 heteroatoms. The minimum atomic E-state index is -0.232. The first-order valence-electron chi connectivity index (χ1n) is 7.42. The molecule has 1 aromatic heterocycles. The molecule has 0 saturated heterocycles. The van der Waals surface area contributed by atoms with E-state index in [-0.39, 0.29) is 44.0 Å². The number of aromatic amines is 1. The molecule has 1 heterocycles. The van der Waals surface area contributed by atoms with Crippen molar-refractivity contribution in [3.63, 3.8) is 0 Å². The predicted octanol–water partition coefficient (Wildman–Crippen LogP) is -2.04. The first-order valence-corrected chi connectivity index (χ1v) is 8.98. The van der Waals surface area contributed by atoms with Gasteiger partial charge in [0, 0.05) is 0 Å². The molecule has 2 aromatic rings. The topological polar surface area (TPSA) is 15.8 Å². The summed E-state index contributed by atoms with van der Waals surface area (Å²) in [5, 5.41) is 0. The van der Waals surface area contributed by atoms with Gasteiger partial charge in [-0.2, -0.15) is 0 Å². The Morgan fingerprint density at radius 1 is 1.05 bits per heavy atom. The van der Waals surface area contributed by atoms with E-state index in [1.165, 1.54) is 33.7 Å². The van der Waals surface area contributed by atoms with Gasteiger partial charge < -0.3 is 24.8 Å². The summed E-state index contributed by atoms with van der Waals surface area (Å²) >= 11 is -0.232. The second-order valence-corrected chi connectivity index (χ2v) is 8.03. The Kier molecular flexibility index (Phi) is 5.34. The second-order valence-electron chi connectivity index (χ2n) is 6.08. The largest absolute Gasteiger partial charge is 1.00 e. The van der Waals surface area contributed by atoms with Gasteiger partial charge in [0.2, 0.25) is 0 Å². The van der Waals surface area contributed by atoms with Crippen LogP contribution in [0.15, 0.2) is 29.8 Å². The Morgan fingerprint density at radius 2 is 1.77 bits per heavy atom. The minimum absolute atomic E-state index is 0. The maximum absolute atomic E-state index is 3.65. The fourth-order valence-corrected chi connectivity index (χ4v) is 6.17. The van der Waals surface area contributed by atoms with Gasteiger partial charge in [0.15, 0.2) is 0 Å². The number of fused-ring (bicyclic) bond motifs is 3. The average Bonchev–Trinajstić information content (AvgIpc) is 2.77. The van der Waals surface area contributed by atoms with Crippen molar-refractivity contribution < 1.29 is 44.0 Å². The van der Waals surface area contributed by atoms with Crippen molar-refractivity contribution >= 4 is 7.88 Å². The summed E-state index contributed by atoms with van der Waals surface area (Å²) in [4.78, 5) is 3.65. The number of rotatable bonds is 2. The number of hydrogen-bond acceptors (Lipinski definition) is 0. The first-order chi connectivity index (χ1) is 9.66. The molecular weight excluding hydrogens is 349 g/mol. The van der Waals surface area contributed by atoms with Crippen molar-refractivity contribution in [3.05, 3.63) is 57.8 Å². The number of aromatic nitrogens is 1. The summed E-state index contributed by atoms with van der Waals surface area (Å²) in [6, 6.07) is 9.09. The molecule has 0 radical (unpaired) electrons. The predicted molar refractivity (Wildman–Crippen MR) is 80.0 cm³/mol. The van der Waals surface area contributed by atoms with Gasteiger partial charge in [0.05, 0.1) is 0 Å². The summed E-state index contributed by atoms with van der Waals surface area (Å²) in [7, 11) is 0. The quantitative estimate of drug-likeness (QED) is 0.589. The summed E-state index contributed by atoms with van der Waals surface area (Å²) in [6.45, 7) is 6.72. The van der Waals surface area contributed by atoms with Crippen molar-refractivity contribution in [2.75, 3.05) is 0 Å². The zero-order valence-corrected chi connectivity index (χ0v) is 16.1. The maximum Gasteiger partial charge on any atom is -1.00 e. The molecule has 1 fully saturated rings. The van der Waals surface area contributed by atoms with Crippen LogP contribution in [0.2, 0.25) is 0 Å². The summed E-state index contributed by atoms with van der Waals surface area (Å²) in [5.41, 5.74) is 9.22. The summed E-state index contributed by atoms with van der Waals surface area (Å²) in [5.74, 6) is 0.766. The summed E-state index contributed by atoms with van der Waals surface area (Å²) in [6.07, 6.45) is 2.69. The molecule has 4 rings (SSSR count). The van der Waals surface area contributed by atoms with Crippen LogP contribution in [0.3, 0.4) is 0 Å². The fourth-order valence-electron chi connectivity index (χ4n) is 3.52. The number of hydrogen-bond donors (Lipinski definition) is 1. The fraction of sp³-hybridized carbons (Fsp3) is 0.333. The molecule has 0 amide bonds. The van der Waals surface area contributed by atoms with E-state index in [1.54, 1.807) is 20.6 Å². The van der Waals surface area contributed by atoms with Gasteiger partial charge in [0.1, 0.15) is 0 Å². The minimum Gasteiger partial charge on any atom is -1.00 e. The molecular formula is C18H19Cl2NTi. The third kappa shape index (κ3) is 2.53. The zero-order chi connectivity index (χ0) is 13.9. The van der Waals surface area contributed by atoms with Gasteiger partial charge in [-0.1, -0.05) is 0 Å². The van der Waals surface area contributed by atoms with E-state index in [2.05, 4.69) is 50.0 Å². The van der Waals surface area contributed by atoms with Gasteiger partial charge >= 0.3 is 129 Å². The maximum atomic E-state index is 3.65. The van der Waals surface area contributed by atoms with Crippen LogP contribution in [-0.2, 0) is 19.2 Å². The Bertz CT molecular complexity index is 746. The van der Waals surface area contributed by atoms with E-state index in [1.807, 2.05) is 0 Å². The SMILES string of the molecule is Cc1[nH][c]([Ti+2][C]2=C3CCC3c3ccccc32)c(C)c1C.[Cl-].[Cl-]. The van der Waals surface area contributed by atoms with Crippen LogP contribution in [0.1, 0.15) is 46.7 Å². The normalized spacial score (nSPS) is 17.7. The standard InChI is InChI=1S/C11H9.C7H10N.2ClH.Ti/c1-2-4-10-8(3-1)7-9-5-6-11(9)10;1-5-4-8-7(3)6(5)2;;;/h1-4,11H,5-6H2;8H,1-3H3;2*1H;/q;;;;+2/p-2. The Morgan fingerprint density at radius 3 is 2.36 bits per heavy atom. The molecule has 1 atom stereocenters. The van der Waals surface area contributed by atoms with Crippen LogP contribution in [0.5, 0.6) is 0 Å². The molecule has 114 valence electrons. The Hall–Kier alpha value is -0.466. The molecule has 2 aliphatic carbocycles. The molecule has 1 saturated carbocycles. The van der Waals surface area contributed by atoms with Crippen molar-refractivity contribution in [3.8, 4) is 0 Å². The monoisotopic (exact) mass is 367 g/mol.